The Kier molecular flexibility index (Phi) is 9.25. The Bertz CT molecular complexity index is 407. The monoisotopic (exact) mass is 291 g/mol. The Morgan fingerprint density at radius 2 is 1.67 bits per heavy atom. The maximum atomic E-state index is 11.7. The van der Waals surface area contributed by atoms with Crippen LogP contribution in [0.4, 0.5) is 11.6 Å². The quantitative estimate of drug-likeness (QED) is 0.589. The maximum Gasteiger partial charge on any atom is 0.225 e. The zero-order chi connectivity index (χ0) is 15.3. The average molecular weight is 291 g/mol. The van der Waals surface area contributed by atoms with Crippen molar-refractivity contribution in [2.45, 2.75) is 71.1 Å². The van der Waals surface area contributed by atoms with Crippen LogP contribution in [0.1, 0.15) is 71.1 Å². The van der Waals surface area contributed by atoms with E-state index in [1.807, 2.05) is 0 Å². The number of nitrogens with two attached hydrogens (primary N) is 1. The number of nitrogen functional groups attached to an aromatic ring is 1. The molecule has 0 unspecified atom stereocenters. The van der Waals surface area contributed by atoms with Gasteiger partial charge in [0.05, 0.1) is 0 Å². The molecule has 21 heavy (non-hydrogen) atoms. The van der Waals surface area contributed by atoms with Crippen LogP contribution in [0.2, 0.25) is 0 Å². The molecule has 0 atom stereocenters. The van der Waals surface area contributed by atoms with E-state index in [2.05, 4.69) is 17.2 Å². The Morgan fingerprint density at radius 1 is 1.05 bits per heavy atom. The normalized spacial score (nSPS) is 10.5. The zero-order valence-electron chi connectivity index (χ0n) is 13.2. The fourth-order valence-electron chi connectivity index (χ4n) is 2.32. The molecule has 0 aromatic carbocycles. The third kappa shape index (κ3) is 9.05. The molecule has 4 heteroatoms. The van der Waals surface area contributed by atoms with Crippen molar-refractivity contribution in [3.8, 4) is 0 Å². The highest BCUT2D eigenvalue weighted by atomic mass is 16.1. The number of carbonyl (C=O) groups is 1. The molecule has 0 aliphatic heterocycles. The van der Waals surface area contributed by atoms with Gasteiger partial charge in [-0.25, -0.2) is 4.98 Å². The van der Waals surface area contributed by atoms with Gasteiger partial charge in [-0.2, -0.15) is 0 Å². The molecule has 4 nitrogen and oxygen atoms in total. The van der Waals surface area contributed by atoms with Crippen LogP contribution in [0.15, 0.2) is 18.2 Å². The van der Waals surface area contributed by atoms with Crippen LogP contribution in [0.3, 0.4) is 0 Å². The summed E-state index contributed by atoms with van der Waals surface area (Å²) in [5.41, 5.74) is 5.57. The summed E-state index contributed by atoms with van der Waals surface area (Å²) in [5.74, 6) is 0.989. The summed E-state index contributed by atoms with van der Waals surface area (Å²) in [6, 6.07) is 5.25. The van der Waals surface area contributed by atoms with E-state index in [1.54, 1.807) is 18.2 Å². The molecule has 1 amide bonds. The van der Waals surface area contributed by atoms with Crippen LogP contribution in [-0.4, -0.2) is 10.9 Å². The first-order chi connectivity index (χ1) is 10.2. The molecule has 118 valence electrons. The molecule has 0 radical (unpaired) electrons. The summed E-state index contributed by atoms with van der Waals surface area (Å²) in [4.78, 5) is 15.8. The fraction of sp³-hybridized carbons (Fsp3) is 0.647. The van der Waals surface area contributed by atoms with Gasteiger partial charge in [0.25, 0.3) is 0 Å². The summed E-state index contributed by atoms with van der Waals surface area (Å²) >= 11 is 0. The second-order valence-corrected chi connectivity index (χ2v) is 5.57. The molecule has 1 aromatic rings. The maximum absolute atomic E-state index is 11.7. The van der Waals surface area contributed by atoms with Gasteiger partial charge in [0.1, 0.15) is 11.6 Å². The molecule has 0 spiro atoms. The SMILES string of the molecule is CCCCCCCCCCCC(=O)Nc1cccc(N)n1. The number of aromatic nitrogens is 1. The topological polar surface area (TPSA) is 68.0 Å². The smallest absolute Gasteiger partial charge is 0.225 e. The Morgan fingerprint density at radius 3 is 2.29 bits per heavy atom. The van der Waals surface area contributed by atoms with Gasteiger partial charge < -0.3 is 11.1 Å². The molecule has 0 bridgehead atoms. The standard InChI is InChI=1S/C17H29N3O/c1-2-3-4-5-6-7-8-9-10-14-17(21)20-16-13-11-12-15(18)19-16/h11-13H,2-10,14H2,1H3,(H3,18,19,20,21). The van der Waals surface area contributed by atoms with Crippen LogP contribution < -0.4 is 11.1 Å². The lowest BCUT2D eigenvalue weighted by Gasteiger charge is -2.05. The number of carbonyl (C=O) groups excluding carboxylic acids is 1. The van der Waals surface area contributed by atoms with Crippen molar-refractivity contribution < 1.29 is 4.79 Å². The van der Waals surface area contributed by atoms with Crippen LogP contribution in [0.25, 0.3) is 0 Å². The van der Waals surface area contributed by atoms with E-state index in [-0.39, 0.29) is 5.91 Å². The number of anilines is 2. The van der Waals surface area contributed by atoms with Gasteiger partial charge in [-0.3, -0.25) is 4.79 Å². The second kappa shape index (κ2) is 11.1. The van der Waals surface area contributed by atoms with Gasteiger partial charge in [0, 0.05) is 6.42 Å². The molecule has 0 aliphatic carbocycles. The van der Waals surface area contributed by atoms with Crippen molar-refractivity contribution in [1.82, 2.24) is 4.98 Å². The van der Waals surface area contributed by atoms with Gasteiger partial charge >= 0.3 is 0 Å². The van der Waals surface area contributed by atoms with E-state index in [9.17, 15) is 4.79 Å². The second-order valence-electron chi connectivity index (χ2n) is 5.57. The molecule has 3 N–H and O–H groups in total. The van der Waals surface area contributed by atoms with Gasteiger partial charge in [-0.05, 0) is 18.6 Å². The zero-order valence-corrected chi connectivity index (χ0v) is 13.2. The Balaban J connectivity index is 1.99. The number of hydrogen-bond acceptors (Lipinski definition) is 3. The lowest BCUT2D eigenvalue weighted by Crippen LogP contribution is -2.12. The van der Waals surface area contributed by atoms with E-state index in [1.165, 1.54) is 44.9 Å². The molecule has 0 fully saturated rings. The van der Waals surface area contributed by atoms with Crippen LogP contribution in [-0.2, 0) is 4.79 Å². The van der Waals surface area contributed by atoms with Gasteiger partial charge in [0.15, 0.2) is 0 Å². The number of nitrogens with zero attached hydrogens (tertiary/aromatic N) is 1. The van der Waals surface area contributed by atoms with Crippen LogP contribution in [0.5, 0.6) is 0 Å². The Hall–Kier alpha value is -1.58. The van der Waals surface area contributed by atoms with Crippen LogP contribution >= 0.6 is 0 Å². The number of amides is 1. The fourth-order valence-corrected chi connectivity index (χ4v) is 2.32. The molecule has 0 saturated carbocycles. The van der Waals surface area contributed by atoms with Crippen LogP contribution in [0, 0.1) is 0 Å². The lowest BCUT2D eigenvalue weighted by atomic mass is 10.1. The van der Waals surface area contributed by atoms with Crippen molar-refractivity contribution in [3.05, 3.63) is 18.2 Å². The Labute approximate surface area is 128 Å². The predicted molar refractivity (Wildman–Crippen MR) is 89.1 cm³/mol. The highest BCUT2D eigenvalue weighted by Crippen LogP contribution is 2.11. The number of rotatable bonds is 11. The average Bonchev–Trinajstić information content (AvgIpc) is 2.45. The summed E-state index contributed by atoms with van der Waals surface area (Å²) in [6.45, 7) is 2.24. The van der Waals surface area contributed by atoms with E-state index in [0.717, 1.165) is 12.8 Å². The number of hydrogen-bond donors (Lipinski definition) is 2. The first-order valence-corrected chi connectivity index (χ1v) is 8.24. The summed E-state index contributed by atoms with van der Waals surface area (Å²) < 4.78 is 0. The summed E-state index contributed by atoms with van der Waals surface area (Å²) in [6.07, 6.45) is 11.9. The molecular weight excluding hydrogens is 262 g/mol. The van der Waals surface area contributed by atoms with Crippen molar-refractivity contribution >= 4 is 17.5 Å². The predicted octanol–water partition coefficient (Wildman–Crippen LogP) is 4.52. The number of nitrogens with one attached hydrogen (secondary N) is 1. The molecular formula is C17H29N3O. The molecule has 1 heterocycles. The van der Waals surface area contributed by atoms with Crippen molar-refractivity contribution in [3.63, 3.8) is 0 Å². The third-order valence-corrected chi connectivity index (χ3v) is 3.55. The van der Waals surface area contributed by atoms with Crippen molar-refractivity contribution in [1.29, 1.82) is 0 Å². The molecule has 1 aromatic heterocycles. The van der Waals surface area contributed by atoms with Crippen molar-refractivity contribution in [2.75, 3.05) is 11.1 Å². The highest BCUT2D eigenvalue weighted by Gasteiger charge is 2.03. The van der Waals surface area contributed by atoms with E-state index < -0.39 is 0 Å². The third-order valence-electron chi connectivity index (χ3n) is 3.55. The van der Waals surface area contributed by atoms with E-state index in [4.69, 9.17) is 5.73 Å². The molecule has 1 rings (SSSR count). The summed E-state index contributed by atoms with van der Waals surface area (Å²) in [5, 5.41) is 2.78. The largest absolute Gasteiger partial charge is 0.384 e. The molecule has 0 aliphatic rings. The highest BCUT2D eigenvalue weighted by molar-refractivity contribution is 5.89. The lowest BCUT2D eigenvalue weighted by molar-refractivity contribution is -0.116. The number of unbranched alkanes of at least 4 members (excludes halogenated alkanes) is 8. The molecule has 0 saturated heterocycles. The van der Waals surface area contributed by atoms with E-state index in [0.29, 0.717) is 18.1 Å². The van der Waals surface area contributed by atoms with Crippen molar-refractivity contribution in [2.24, 2.45) is 0 Å². The first kappa shape index (κ1) is 17.5. The van der Waals surface area contributed by atoms with E-state index >= 15 is 0 Å². The van der Waals surface area contributed by atoms with Gasteiger partial charge in [-0.15, -0.1) is 0 Å². The first-order valence-electron chi connectivity index (χ1n) is 8.24. The van der Waals surface area contributed by atoms with Gasteiger partial charge in [-0.1, -0.05) is 64.4 Å². The number of pyridine rings is 1. The summed E-state index contributed by atoms with van der Waals surface area (Å²) in [7, 11) is 0. The van der Waals surface area contributed by atoms with Gasteiger partial charge in [0.2, 0.25) is 5.91 Å². The minimum absolute atomic E-state index is 0.0241. The minimum Gasteiger partial charge on any atom is -0.384 e. The minimum atomic E-state index is 0.0241.